The lowest BCUT2D eigenvalue weighted by Crippen LogP contribution is -2.43. The molecule has 3 N–H and O–H groups in total. The van der Waals surface area contributed by atoms with E-state index < -0.39 is 11.4 Å². The summed E-state index contributed by atoms with van der Waals surface area (Å²) in [7, 11) is 1.49. The third kappa shape index (κ3) is 5.17. The molecule has 2 aromatic rings. The molecule has 158 valence electrons. The maximum absolute atomic E-state index is 13.3. The highest BCUT2D eigenvalue weighted by molar-refractivity contribution is 5.92. The third-order valence-corrected chi connectivity index (χ3v) is 5.20. The maximum atomic E-state index is 13.3. The van der Waals surface area contributed by atoms with E-state index in [1.54, 1.807) is 36.4 Å². The summed E-state index contributed by atoms with van der Waals surface area (Å²) >= 11 is 0. The van der Waals surface area contributed by atoms with Crippen molar-refractivity contribution >= 4 is 17.9 Å². The van der Waals surface area contributed by atoms with Crippen LogP contribution in [0.4, 0.5) is 4.39 Å². The van der Waals surface area contributed by atoms with E-state index in [-0.39, 0.29) is 18.3 Å². The molecule has 30 heavy (non-hydrogen) atoms. The highest BCUT2D eigenvalue weighted by Gasteiger charge is 2.36. The molecule has 2 amide bonds. The molecule has 1 aliphatic rings. The fourth-order valence-electron chi connectivity index (χ4n) is 3.74. The summed E-state index contributed by atoms with van der Waals surface area (Å²) in [5, 5.41) is 3.12. The minimum Gasteiger partial charge on any atom is -0.493 e. The van der Waals surface area contributed by atoms with E-state index in [1.165, 1.54) is 25.3 Å². The standard InChI is InChI=1S/C23H25FN2O4/c1-29-20-14-16(4-10-19(20)30-15-21(25)27)5-11-22(28)26-23(12-2-3-13-23)17-6-8-18(24)9-7-17/h4-11,14H,2-3,12-13,15H2,1H3,(H2,25,27)(H,26,28)/b11-5+. The van der Waals surface area contributed by atoms with Gasteiger partial charge in [-0.3, -0.25) is 9.59 Å². The number of hydrogen-bond donors (Lipinski definition) is 2. The number of hydrogen-bond acceptors (Lipinski definition) is 4. The van der Waals surface area contributed by atoms with Gasteiger partial charge in [0.2, 0.25) is 5.91 Å². The SMILES string of the molecule is COc1cc(/C=C/C(=O)NC2(c3ccc(F)cc3)CCCC2)ccc1OCC(N)=O. The Morgan fingerprint density at radius 1 is 1.13 bits per heavy atom. The summed E-state index contributed by atoms with van der Waals surface area (Å²) in [6.45, 7) is -0.251. The Kier molecular flexibility index (Phi) is 6.72. The van der Waals surface area contributed by atoms with Gasteiger partial charge in [-0.1, -0.05) is 31.0 Å². The van der Waals surface area contributed by atoms with Crippen LogP contribution in [-0.4, -0.2) is 25.5 Å². The number of methoxy groups -OCH3 is 1. The van der Waals surface area contributed by atoms with Gasteiger partial charge in [0, 0.05) is 6.08 Å². The monoisotopic (exact) mass is 412 g/mol. The minimum absolute atomic E-state index is 0.228. The molecule has 6 nitrogen and oxygen atoms in total. The van der Waals surface area contributed by atoms with Gasteiger partial charge in [-0.25, -0.2) is 4.39 Å². The van der Waals surface area contributed by atoms with Crippen LogP contribution in [0.2, 0.25) is 0 Å². The Morgan fingerprint density at radius 3 is 2.47 bits per heavy atom. The number of rotatable bonds is 8. The van der Waals surface area contributed by atoms with E-state index >= 15 is 0 Å². The van der Waals surface area contributed by atoms with Gasteiger partial charge in [-0.05, 0) is 54.3 Å². The Labute approximate surface area is 174 Å². The highest BCUT2D eigenvalue weighted by Crippen LogP contribution is 2.38. The number of carbonyl (C=O) groups is 2. The van der Waals surface area contributed by atoms with E-state index in [0.29, 0.717) is 11.5 Å². The zero-order chi connectivity index (χ0) is 21.6. The Balaban J connectivity index is 1.71. The average Bonchev–Trinajstić information content (AvgIpc) is 3.20. The Morgan fingerprint density at radius 2 is 1.83 bits per heavy atom. The number of primary amides is 1. The molecule has 0 atom stereocenters. The molecule has 1 aliphatic carbocycles. The number of carbonyl (C=O) groups excluding carboxylic acids is 2. The topological polar surface area (TPSA) is 90.7 Å². The number of nitrogens with two attached hydrogens (primary N) is 1. The van der Waals surface area contributed by atoms with E-state index in [1.807, 2.05) is 0 Å². The second-order valence-electron chi connectivity index (χ2n) is 7.28. The molecular formula is C23H25FN2O4. The summed E-state index contributed by atoms with van der Waals surface area (Å²) in [5.41, 5.74) is 6.27. The summed E-state index contributed by atoms with van der Waals surface area (Å²) in [5.74, 6) is -0.291. The van der Waals surface area contributed by atoms with Gasteiger partial charge < -0.3 is 20.5 Å². The Hall–Kier alpha value is -3.35. The first kappa shape index (κ1) is 21.4. The predicted molar refractivity (Wildman–Crippen MR) is 111 cm³/mol. The van der Waals surface area contributed by atoms with E-state index in [9.17, 15) is 14.0 Å². The number of ether oxygens (including phenoxy) is 2. The molecular weight excluding hydrogens is 387 g/mol. The minimum atomic E-state index is -0.584. The van der Waals surface area contributed by atoms with Crippen molar-refractivity contribution in [1.29, 1.82) is 0 Å². The molecule has 3 rings (SSSR count). The van der Waals surface area contributed by atoms with Gasteiger partial charge in [0.25, 0.3) is 5.91 Å². The number of nitrogens with one attached hydrogen (secondary N) is 1. The van der Waals surface area contributed by atoms with Crippen molar-refractivity contribution < 1.29 is 23.5 Å². The maximum Gasteiger partial charge on any atom is 0.255 e. The largest absolute Gasteiger partial charge is 0.493 e. The van der Waals surface area contributed by atoms with Gasteiger partial charge in [0.05, 0.1) is 12.6 Å². The number of halogens is 1. The van der Waals surface area contributed by atoms with Crippen LogP contribution in [-0.2, 0) is 15.1 Å². The van der Waals surface area contributed by atoms with Crippen molar-refractivity contribution in [2.75, 3.05) is 13.7 Å². The summed E-state index contributed by atoms with van der Waals surface area (Å²) in [6, 6.07) is 11.4. The van der Waals surface area contributed by atoms with Crippen LogP contribution in [0.15, 0.2) is 48.5 Å². The first-order valence-corrected chi connectivity index (χ1v) is 9.77. The van der Waals surface area contributed by atoms with Crippen LogP contribution in [0.5, 0.6) is 11.5 Å². The quantitative estimate of drug-likeness (QED) is 0.651. The van der Waals surface area contributed by atoms with Gasteiger partial charge >= 0.3 is 0 Å². The summed E-state index contributed by atoms with van der Waals surface area (Å²) in [4.78, 5) is 23.5. The van der Waals surface area contributed by atoms with Crippen LogP contribution in [0.1, 0.15) is 36.8 Å². The van der Waals surface area contributed by atoms with Gasteiger partial charge in [-0.2, -0.15) is 0 Å². The molecule has 0 bridgehead atoms. The zero-order valence-corrected chi connectivity index (χ0v) is 16.8. The lowest BCUT2D eigenvalue weighted by atomic mass is 9.88. The van der Waals surface area contributed by atoms with E-state index in [0.717, 1.165) is 36.8 Å². The lowest BCUT2D eigenvalue weighted by Gasteiger charge is -2.30. The third-order valence-electron chi connectivity index (χ3n) is 5.20. The van der Waals surface area contributed by atoms with Crippen molar-refractivity contribution in [1.82, 2.24) is 5.32 Å². The molecule has 0 radical (unpaired) electrons. The molecule has 0 heterocycles. The van der Waals surface area contributed by atoms with Crippen molar-refractivity contribution in [3.63, 3.8) is 0 Å². The number of amides is 2. The molecule has 1 saturated carbocycles. The molecule has 0 unspecified atom stereocenters. The zero-order valence-electron chi connectivity index (χ0n) is 16.8. The fourth-order valence-corrected chi connectivity index (χ4v) is 3.74. The fraction of sp³-hybridized carbons (Fsp3) is 0.304. The van der Waals surface area contributed by atoms with Crippen molar-refractivity contribution in [2.45, 2.75) is 31.2 Å². The molecule has 7 heteroatoms. The van der Waals surface area contributed by atoms with Crippen molar-refractivity contribution in [3.8, 4) is 11.5 Å². The average molecular weight is 412 g/mol. The lowest BCUT2D eigenvalue weighted by molar-refractivity contribution is -0.120. The van der Waals surface area contributed by atoms with Crippen LogP contribution in [0.3, 0.4) is 0 Å². The summed E-state index contributed by atoms with van der Waals surface area (Å²) in [6.07, 6.45) is 6.78. The smallest absolute Gasteiger partial charge is 0.255 e. The molecule has 0 spiro atoms. The molecule has 0 saturated heterocycles. The van der Waals surface area contributed by atoms with Crippen LogP contribution in [0, 0.1) is 5.82 Å². The normalized spacial score (nSPS) is 15.1. The van der Waals surface area contributed by atoms with Gasteiger partial charge in [0.15, 0.2) is 18.1 Å². The second-order valence-corrected chi connectivity index (χ2v) is 7.28. The van der Waals surface area contributed by atoms with Crippen LogP contribution in [0.25, 0.3) is 6.08 Å². The predicted octanol–water partition coefficient (Wildman–Crippen LogP) is 3.30. The van der Waals surface area contributed by atoms with Crippen molar-refractivity contribution in [2.24, 2.45) is 5.73 Å². The van der Waals surface area contributed by atoms with E-state index in [2.05, 4.69) is 5.32 Å². The van der Waals surface area contributed by atoms with Gasteiger partial charge in [0.1, 0.15) is 5.82 Å². The first-order chi connectivity index (χ1) is 14.4. The van der Waals surface area contributed by atoms with Crippen LogP contribution >= 0.6 is 0 Å². The number of benzene rings is 2. The molecule has 1 fully saturated rings. The first-order valence-electron chi connectivity index (χ1n) is 9.77. The second kappa shape index (κ2) is 9.43. The van der Waals surface area contributed by atoms with Gasteiger partial charge in [-0.15, -0.1) is 0 Å². The summed E-state index contributed by atoms with van der Waals surface area (Å²) < 4.78 is 23.9. The van der Waals surface area contributed by atoms with E-state index in [4.69, 9.17) is 15.2 Å². The van der Waals surface area contributed by atoms with Crippen LogP contribution < -0.4 is 20.5 Å². The van der Waals surface area contributed by atoms with Crippen molar-refractivity contribution in [3.05, 3.63) is 65.5 Å². The Bertz CT molecular complexity index is 935. The molecule has 0 aliphatic heterocycles. The highest BCUT2D eigenvalue weighted by atomic mass is 19.1. The molecule has 0 aromatic heterocycles. The molecule has 2 aromatic carbocycles.